The molecule has 0 aliphatic heterocycles. The van der Waals surface area contributed by atoms with Crippen LogP contribution < -0.4 is 10.2 Å². The molecule has 0 spiro atoms. The number of ether oxygens (including phenoxy) is 2. The molecule has 0 fully saturated rings. The highest BCUT2D eigenvalue weighted by atomic mass is 32.2. The van der Waals surface area contributed by atoms with Crippen LogP contribution in [-0.2, 0) is 21.0 Å². The van der Waals surface area contributed by atoms with Crippen molar-refractivity contribution in [2.75, 3.05) is 13.7 Å². The zero-order chi connectivity index (χ0) is 22.6. The number of nitrogens with zero attached hydrogens (tertiary/aromatic N) is 1. The summed E-state index contributed by atoms with van der Waals surface area (Å²) in [5.74, 6) is 1.66. The maximum atomic E-state index is 12.3. The minimum atomic E-state index is -0.447. The SMILES string of the molecule is COC(=O)COc1ccc(/C=N\NC(=O)c2ccc(CSCc3ccccc3)cc2)cc1. The Balaban J connectivity index is 1.43. The third-order valence-electron chi connectivity index (χ3n) is 4.44. The summed E-state index contributed by atoms with van der Waals surface area (Å²) in [5.41, 5.74) is 6.32. The highest BCUT2D eigenvalue weighted by molar-refractivity contribution is 7.97. The normalized spacial score (nSPS) is 10.7. The van der Waals surface area contributed by atoms with E-state index in [9.17, 15) is 9.59 Å². The van der Waals surface area contributed by atoms with Gasteiger partial charge in [0.05, 0.1) is 13.3 Å². The van der Waals surface area contributed by atoms with E-state index >= 15 is 0 Å². The van der Waals surface area contributed by atoms with E-state index in [2.05, 4.69) is 27.4 Å². The standard InChI is InChI=1S/C25H24N2O4S/c1-30-24(28)16-31-23-13-9-19(10-14-23)15-26-27-25(29)22-11-7-21(8-12-22)18-32-17-20-5-3-2-4-6-20/h2-15H,16-18H2,1H3,(H,27,29)/b26-15-. The van der Waals surface area contributed by atoms with Crippen LogP contribution in [0.2, 0.25) is 0 Å². The van der Waals surface area contributed by atoms with Crippen molar-refractivity contribution >= 4 is 29.9 Å². The van der Waals surface area contributed by atoms with Crippen molar-refractivity contribution < 1.29 is 19.1 Å². The van der Waals surface area contributed by atoms with Gasteiger partial charge in [0, 0.05) is 17.1 Å². The van der Waals surface area contributed by atoms with Crippen LogP contribution in [0.1, 0.15) is 27.0 Å². The van der Waals surface area contributed by atoms with Crippen molar-refractivity contribution in [2.24, 2.45) is 5.10 Å². The maximum Gasteiger partial charge on any atom is 0.343 e. The van der Waals surface area contributed by atoms with Gasteiger partial charge >= 0.3 is 5.97 Å². The Bertz CT molecular complexity index is 1040. The Morgan fingerprint density at radius 2 is 1.56 bits per heavy atom. The van der Waals surface area contributed by atoms with E-state index in [1.165, 1.54) is 24.5 Å². The van der Waals surface area contributed by atoms with Gasteiger partial charge in [-0.25, -0.2) is 10.2 Å². The second kappa shape index (κ2) is 12.3. The summed E-state index contributed by atoms with van der Waals surface area (Å²) >= 11 is 1.84. The Hall–Kier alpha value is -3.58. The predicted molar refractivity (Wildman–Crippen MR) is 127 cm³/mol. The minimum Gasteiger partial charge on any atom is -0.482 e. The molecule has 1 N–H and O–H groups in total. The fourth-order valence-corrected chi connectivity index (χ4v) is 3.65. The third-order valence-corrected chi connectivity index (χ3v) is 5.52. The van der Waals surface area contributed by atoms with Crippen molar-refractivity contribution in [1.29, 1.82) is 0 Å². The highest BCUT2D eigenvalue weighted by Gasteiger charge is 2.05. The molecular formula is C25H24N2O4S. The lowest BCUT2D eigenvalue weighted by Gasteiger charge is -2.05. The summed E-state index contributed by atoms with van der Waals surface area (Å²) in [6.45, 7) is -0.148. The number of hydrogen-bond acceptors (Lipinski definition) is 6. The van der Waals surface area contributed by atoms with Crippen LogP contribution in [-0.4, -0.2) is 31.8 Å². The molecule has 0 aliphatic rings. The molecule has 0 atom stereocenters. The molecule has 0 saturated heterocycles. The quantitative estimate of drug-likeness (QED) is 0.282. The molecule has 32 heavy (non-hydrogen) atoms. The second-order valence-electron chi connectivity index (χ2n) is 6.81. The van der Waals surface area contributed by atoms with E-state index in [1.54, 1.807) is 36.4 Å². The van der Waals surface area contributed by atoms with E-state index in [0.29, 0.717) is 11.3 Å². The molecule has 7 heteroatoms. The van der Waals surface area contributed by atoms with E-state index in [0.717, 1.165) is 17.1 Å². The first kappa shape index (κ1) is 23.1. The topological polar surface area (TPSA) is 77.0 Å². The smallest absolute Gasteiger partial charge is 0.343 e. The van der Waals surface area contributed by atoms with Gasteiger partial charge in [-0.05, 0) is 53.1 Å². The molecule has 1 amide bonds. The van der Waals surface area contributed by atoms with E-state index in [4.69, 9.17) is 4.74 Å². The number of amides is 1. The monoisotopic (exact) mass is 448 g/mol. The van der Waals surface area contributed by atoms with Gasteiger partial charge in [0.25, 0.3) is 5.91 Å². The molecule has 0 radical (unpaired) electrons. The van der Waals surface area contributed by atoms with Crippen LogP contribution in [0.3, 0.4) is 0 Å². The van der Waals surface area contributed by atoms with Gasteiger partial charge in [0.2, 0.25) is 0 Å². The lowest BCUT2D eigenvalue weighted by molar-refractivity contribution is -0.142. The minimum absolute atomic E-state index is 0.148. The van der Waals surface area contributed by atoms with Crippen LogP contribution in [0, 0.1) is 0 Å². The Kier molecular flexibility index (Phi) is 8.89. The van der Waals surface area contributed by atoms with Crippen LogP contribution in [0.15, 0.2) is 84.0 Å². The molecule has 0 heterocycles. The Labute approximate surface area is 191 Å². The van der Waals surface area contributed by atoms with Crippen LogP contribution in [0.5, 0.6) is 5.75 Å². The Morgan fingerprint density at radius 3 is 2.22 bits per heavy atom. The summed E-state index contributed by atoms with van der Waals surface area (Å²) in [6.07, 6.45) is 1.54. The number of esters is 1. The number of carbonyl (C=O) groups is 2. The van der Waals surface area contributed by atoms with Gasteiger partial charge in [0.15, 0.2) is 6.61 Å². The summed E-state index contributed by atoms with van der Waals surface area (Å²) in [6, 6.07) is 24.8. The zero-order valence-corrected chi connectivity index (χ0v) is 18.5. The number of thioether (sulfide) groups is 1. The Morgan fingerprint density at radius 1 is 0.906 bits per heavy atom. The van der Waals surface area contributed by atoms with Gasteiger partial charge in [-0.1, -0.05) is 42.5 Å². The first-order chi connectivity index (χ1) is 15.6. The molecule has 3 rings (SSSR count). The van der Waals surface area contributed by atoms with Crippen LogP contribution in [0.4, 0.5) is 0 Å². The van der Waals surface area contributed by atoms with Crippen molar-refractivity contribution in [1.82, 2.24) is 5.43 Å². The number of benzene rings is 3. The van der Waals surface area contributed by atoms with Crippen LogP contribution in [0.25, 0.3) is 0 Å². The second-order valence-corrected chi connectivity index (χ2v) is 7.79. The summed E-state index contributed by atoms with van der Waals surface area (Å²) in [7, 11) is 1.31. The number of methoxy groups -OCH3 is 1. The zero-order valence-electron chi connectivity index (χ0n) is 17.7. The van der Waals surface area contributed by atoms with Gasteiger partial charge in [-0.15, -0.1) is 0 Å². The molecule has 3 aromatic rings. The van der Waals surface area contributed by atoms with Gasteiger partial charge in [-0.2, -0.15) is 16.9 Å². The molecule has 6 nitrogen and oxygen atoms in total. The van der Waals surface area contributed by atoms with Gasteiger partial charge in [0.1, 0.15) is 5.75 Å². The third kappa shape index (κ3) is 7.59. The van der Waals surface area contributed by atoms with E-state index < -0.39 is 5.97 Å². The summed E-state index contributed by atoms with van der Waals surface area (Å²) in [4.78, 5) is 23.4. The molecule has 0 aliphatic carbocycles. The molecule has 0 saturated carbocycles. The first-order valence-corrected chi connectivity index (χ1v) is 11.1. The molecule has 164 valence electrons. The van der Waals surface area contributed by atoms with E-state index in [-0.39, 0.29) is 12.5 Å². The van der Waals surface area contributed by atoms with Crippen LogP contribution >= 0.6 is 11.8 Å². The van der Waals surface area contributed by atoms with Crippen molar-refractivity contribution in [3.05, 3.63) is 101 Å². The molecule has 0 unspecified atom stereocenters. The van der Waals surface area contributed by atoms with Crippen molar-refractivity contribution in [2.45, 2.75) is 11.5 Å². The first-order valence-electron chi connectivity index (χ1n) is 9.98. The van der Waals surface area contributed by atoms with Gasteiger partial charge in [-0.3, -0.25) is 4.79 Å². The predicted octanol–water partition coefficient (Wildman–Crippen LogP) is 4.44. The fourth-order valence-electron chi connectivity index (χ4n) is 2.69. The number of hydrogen-bond donors (Lipinski definition) is 1. The summed E-state index contributed by atoms with van der Waals surface area (Å²) in [5, 5.41) is 4.00. The number of carbonyl (C=O) groups excluding carboxylic acids is 2. The molecule has 0 aromatic heterocycles. The maximum absolute atomic E-state index is 12.3. The van der Waals surface area contributed by atoms with Gasteiger partial charge < -0.3 is 9.47 Å². The molecule has 0 bridgehead atoms. The average molecular weight is 449 g/mol. The number of hydrazone groups is 1. The highest BCUT2D eigenvalue weighted by Crippen LogP contribution is 2.18. The molecular weight excluding hydrogens is 424 g/mol. The number of nitrogens with one attached hydrogen (secondary N) is 1. The van der Waals surface area contributed by atoms with Crippen molar-refractivity contribution in [3.63, 3.8) is 0 Å². The fraction of sp³-hybridized carbons (Fsp3) is 0.160. The lowest BCUT2D eigenvalue weighted by Crippen LogP contribution is -2.17. The summed E-state index contributed by atoms with van der Waals surface area (Å²) < 4.78 is 9.80. The average Bonchev–Trinajstić information content (AvgIpc) is 2.84. The lowest BCUT2D eigenvalue weighted by atomic mass is 10.1. The molecule has 3 aromatic carbocycles. The largest absolute Gasteiger partial charge is 0.482 e. The van der Waals surface area contributed by atoms with E-state index in [1.807, 2.05) is 42.1 Å². The van der Waals surface area contributed by atoms with Crippen molar-refractivity contribution in [3.8, 4) is 5.75 Å². The number of rotatable bonds is 10.